The van der Waals surface area contributed by atoms with Crippen LogP contribution in [0.3, 0.4) is 0 Å². The van der Waals surface area contributed by atoms with Crippen LogP contribution in [0.15, 0.2) is 24.3 Å². The van der Waals surface area contributed by atoms with Gasteiger partial charge in [-0.15, -0.1) is 0 Å². The molecule has 120 valence electrons. The zero-order chi connectivity index (χ0) is 15.8. The van der Waals surface area contributed by atoms with Gasteiger partial charge in [-0.2, -0.15) is 0 Å². The van der Waals surface area contributed by atoms with Gasteiger partial charge in [-0.05, 0) is 50.5 Å². The molecule has 0 spiro atoms. The lowest BCUT2D eigenvalue weighted by Gasteiger charge is -2.08. The van der Waals surface area contributed by atoms with Gasteiger partial charge in [0.1, 0.15) is 0 Å². The van der Waals surface area contributed by atoms with Gasteiger partial charge in [0.05, 0.1) is 0 Å². The summed E-state index contributed by atoms with van der Waals surface area (Å²) in [4.78, 5) is 23.5. The molecule has 0 atom stereocenters. The highest BCUT2D eigenvalue weighted by molar-refractivity contribution is 5.95. The average molecular weight is 305 g/mol. The Morgan fingerprint density at radius 3 is 2.59 bits per heavy atom. The van der Waals surface area contributed by atoms with Gasteiger partial charge in [-0.25, -0.2) is 4.79 Å². The highest BCUT2D eigenvalue weighted by Gasteiger charge is 2.23. The van der Waals surface area contributed by atoms with E-state index in [0.29, 0.717) is 37.1 Å². The maximum absolute atomic E-state index is 11.8. The summed E-state index contributed by atoms with van der Waals surface area (Å²) in [5, 5.41) is 8.41. The van der Waals surface area contributed by atoms with Crippen LogP contribution in [0.25, 0.3) is 0 Å². The summed E-state index contributed by atoms with van der Waals surface area (Å²) in [5.41, 5.74) is 1.26. The largest absolute Gasteiger partial charge is 0.382 e. The molecule has 6 nitrogen and oxygen atoms in total. The Morgan fingerprint density at radius 2 is 1.95 bits per heavy atom. The Kier molecular flexibility index (Phi) is 6.21. The minimum atomic E-state index is -0.258. The highest BCUT2D eigenvalue weighted by Crippen LogP contribution is 2.19. The van der Waals surface area contributed by atoms with Crippen LogP contribution in [0, 0.1) is 0 Å². The molecule has 0 unspecified atom stereocenters. The Morgan fingerprint density at radius 1 is 1.23 bits per heavy atom. The lowest BCUT2D eigenvalue weighted by Crippen LogP contribution is -2.30. The van der Waals surface area contributed by atoms with Crippen molar-refractivity contribution in [1.82, 2.24) is 10.6 Å². The smallest absolute Gasteiger partial charge is 0.319 e. The van der Waals surface area contributed by atoms with Crippen molar-refractivity contribution >= 4 is 17.6 Å². The van der Waals surface area contributed by atoms with Crippen molar-refractivity contribution in [1.29, 1.82) is 0 Å². The normalized spacial score (nSPS) is 13.5. The van der Waals surface area contributed by atoms with Crippen molar-refractivity contribution in [3.05, 3.63) is 29.8 Å². The number of urea groups is 1. The monoisotopic (exact) mass is 305 g/mol. The van der Waals surface area contributed by atoms with Crippen LogP contribution in [-0.4, -0.2) is 37.7 Å². The molecule has 0 heterocycles. The first-order valence-electron chi connectivity index (χ1n) is 7.72. The molecular formula is C16H23N3O3. The third-order valence-corrected chi connectivity index (χ3v) is 3.27. The number of hydrogen-bond donors (Lipinski definition) is 3. The third kappa shape index (κ3) is 5.73. The van der Waals surface area contributed by atoms with Gasteiger partial charge in [0.2, 0.25) is 0 Å². The number of ether oxygens (including phenoxy) is 1. The summed E-state index contributed by atoms with van der Waals surface area (Å²) in [6.45, 7) is 3.83. The van der Waals surface area contributed by atoms with Crippen molar-refractivity contribution < 1.29 is 14.3 Å². The van der Waals surface area contributed by atoms with Crippen LogP contribution in [0.4, 0.5) is 10.5 Å². The lowest BCUT2D eigenvalue weighted by atomic mass is 10.2. The minimum absolute atomic E-state index is 0.0607. The number of benzene rings is 1. The predicted molar refractivity (Wildman–Crippen MR) is 85.1 cm³/mol. The number of amides is 3. The van der Waals surface area contributed by atoms with E-state index in [9.17, 15) is 9.59 Å². The number of rotatable bonds is 8. The molecule has 0 saturated heterocycles. The van der Waals surface area contributed by atoms with Crippen LogP contribution >= 0.6 is 0 Å². The summed E-state index contributed by atoms with van der Waals surface area (Å²) >= 11 is 0. The van der Waals surface area contributed by atoms with E-state index in [2.05, 4.69) is 16.0 Å². The number of nitrogens with one attached hydrogen (secondary N) is 3. The number of carbonyl (C=O) groups is 2. The molecule has 1 saturated carbocycles. The van der Waals surface area contributed by atoms with Crippen molar-refractivity contribution in [3.63, 3.8) is 0 Å². The van der Waals surface area contributed by atoms with E-state index in [1.165, 1.54) is 0 Å². The summed E-state index contributed by atoms with van der Waals surface area (Å²) < 4.78 is 5.19. The molecule has 3 amide bonds. The molecule has 1 aromatic carbocycles. The van der Waals surface area contributed by atoms with Crippen molar-refractivity contribution in [2.45, 2.75) is 32.2 Å². The first-order valence-corrected chi connectivity index (χ1v) is 7.72. The number of anilines is 1. The minimum Gasteiger partial charge on any atom is -0.382 e. The van der Waals surface area contributed by atoms with Gasteiger partial charge in [-0.1, -0.05) is 0 Å². The Bertz CT molecular complexity index is 498. The SMILES string of the molecule is CCOCCCNC(=O)Nc1ccc(C(=O)NC2CC2)cc1. The Hall–Kier alpha value is -2.08. The van der Waals surface area contributed by atoms with E-state index in [1.54, 1.807) is 24.3 Å². The highest BCUT2D eigenvalue weighted by atomic mass is 16.5. The molecule has 0 radical (unpaired) electrons. The fourth-order valence-corrected chi connectivity index (χ4v) is 1.90. The molecule has 0 bridgehead atoms. The first-order chi connectivity index (χ1) is 10.7. The van der Waals surface area contributed by atoms with Crippen LogP contribution in [0.1, 0.15) is 36.5 Å². The van der Waals surface area contributed by atoms with E-state index in [1.807, 2.05) is 6.92 Å². The van der Waals surface area contributed by atoms with Gasteiger partial charge in [0.15, 0.2) is 0 Å². The molecule has 0 aliphatic heterocycles. The zero-order valence-corrected chi connectivity index (χ0v) is 12.9. The van der Waals surface area contributed by atoms with Crippen LogP contribution in [0.5, 0.6) is 0 Å². The summed E-state index contributed by atoms with van der Waals surface area (Å²) in [6, 6.07) is 6.95. The first kappa shape index (κ1) is 16.3. The maximum Gasteiger partial charge on any atom is 0.319 e. The van der Waals surface area contributed by atoms with E-state index in [0.717, 1.165) is 19.3 Å². The van der Waals surface area contributed by atoms with Crippen molar-refractivity contribution in [2.24, 2.45) is 0 Å². The zero-order valence-electron chi connectivity index (χ0n) is 12.9. The van der Waals surface area contributed by atoms with Gasteiger partial charge in [-0.3, -0.25) is 4.79 Å². The van der Waals surface area contributed by atoms with Gasteiger partial charge in [0.25, 0.3) is 5.91 Å². The van der Waals surface area contributed by atoms with E-state index < -0.39 is 0 Å². The second-order valence-corrected chi connectivity index (χ2v) is 5.26. The standard InChI is InChI=1S/C16H23N3O3/c1-2-22-11-3-10-17-16(21)19-14-6-4-12(5-7-14)15(20)18-13-8-9-13/h4-7,13H,2-3,8-11H2,1H3,(H,18,20)(H2,17,19,21). The van der Waals surface area contributed by atoms with E-state index >= 15 is 0 Å². The molecule has 0 aromatic heterocycles. The van der Waals surface area contributed by atoms with Crippen molar-refractivity contribution in [3.8, 4) is 0 Å². The van der Waals surface area contributed by atoms with Crippen LogP contribution in [-0.2, 0) is 4.74 Å². The number of carbonyl (C=O) groups excluding carboxylic acids is 2. The molecule has 1 fully saturated rings. The summed E-state index contributed by atoms with van der Waals surface area (Å²) in [7, 11) is 0. The fraction of sp³-hybridized carbons (Fsp3) is 0.500. The Balaban J connectivity index is 1.70. The molecule has 1 aliphatic rings. The van der Waals surface area contributed by atoms with Gasteiger partial charge >= 0.3 is 6.03 Å². The van der Waals surface area contributed by atoms with Crippen LogP contribution < -0.4 is 16.0 Å². The van der Waals surface area contributed by atoms with E-state index in [4.69, 9.17) is 4.74 Å². The van der Waals surface area contributed by atoms with Crippen LogP contribution in [0.2, 0.25) is 0 Å². The van der Waals surface area contributed by atoms with Gasteiger partial charge in [0, 0.05) is 37.1 Å². The quantitative estimate of drug-likeness (QED) is 0.644. The molecule has 6 heteroatoms. The second-order valence-electron chi connectivity index (χ2n) is 5.26. The molecule has 1 aliphatic carbocycles. The molecule has 3 N–H and O–H groups in total. The average Bonchev–Trinajstić information content (AvgIpc) is 3.31. The molecular weight excluding hydrogens is 282 g/mol. The molecule has 1 aromatic rings. The van der Waals surface area contributed by atoms with Crippen molar-refractivity contribution in [2.75, 3.05) is 25.1 Å². The number of hydrogen-bond acceptors (Lipinski definition) is 3. The van der Waals surface area contributed by atoms with E-state index in [-0.39, 0.29) is 11.9 Å². The third-order valence-electron chi connectivity index (χ3n) is 3.27. The molecule has 22 heavy (non-hydrogen) atoms. The fourth-order valence-electron chi connectivity index (χ4n) is 1.90. The summed E-state index contributed by atoms with van der Waals surface area (Å²) in [6.07, 6.45) is 2.91. The predicted octanol–water partition coefficient (Wildman–Crippen LogP) is 2.13. The van der Waals surface area contributed by atoms with Gasteiger partial charge < -0.3 is 20.7 Å². The molecule has 2 rings (SSSR count). The topological polar surface area (TPSA) is 79.5 Å². The lowest BCUT2D eigenvalue weighted by molar-refractivity contribution is 0.0951. The maximum atomic E-state index is 11.8. The summed E-state index contributed by atoms with van der Waals surface area (Å²) in [5.74, 6) is -0.0607. The second kappa shape index (κ2) is 8.38. The Labute approximate surface area is 130 Å².